The quantitative estimate of drug-likeness (QED) is 0.694. The molecule has 0 aliphatic rings. The van der Waals surface area contributed by atoms with Gasteiger partial charge in [-0.3, -0.25) is 0 Å². The smallest absolute Gasteiger partial charge is 0.117 e. The number of aryl methyl sites for hydroxylation is 1. The molecule has 0 bridgehead atoms. The van der Waals surface area contributed by atoms with Crippen molar-refractivity contribution in [3.8, 4) is 0 Å². The predicted octanol–water partition coefficient (Wildman–Crippen LogP) is 2.52. The van der Waals surface area contributed by atoms with Gasteiger partial charge >= 0.3 is 0 Å². The van der Waals surface area contributed by atoms with Crippen LogP contribution in [0.4, 0.5) is 0 Å². The molecule has 0 amide bonds. The zero-order valence-corrected chi connectivity index (χ0v) is 7.90. The van der Waals surface area contributed by atoms with Crippen molar-refractivity contribution in [2.45, 2.75) is 33.1 Å². The number of rotatable bonds is 4. The maximum atomic E-state index is 3.99. The van der Waals surface area contributed by atoms with Crippen LogP contribution in [0.25, 0.3) is 0 Å². The van der Waals surface area contributed by atoms with Crippen LogP contribution in [0.1, 0.15) is 31.7 Å². The molecule has 1 aromatic heterocycles. The molecule has 1 unspecified atom stereocenters. The third-order valence-electron chi connectivity index (χ3n) is 1.95. The van der Waals surface area contributed by atoms with E-state index in [0.29, 0.717) is 0 Å². The fraction of sp³-hybridized carbons (Fsp3) is 0.750. The molecular formula is C8H14N2S. The maximum absolute atomic E-state index is 3.99. The van der Waals surface area contributed by atoms with E-state index in [1.165, 1.54) is 17.8 Å². The van der Waals surface area contributed by atoms with Gasteiger partial charge in [0.25, 0.3) is 0 Å². The average molecular weight is 170 g/mol. The summed E-state index contributed by atoms with van der Waals surface area (Å²) in [6.07, 6.45) is 3.60. The molecule has 1 aromatic rings. The third-order valence-corrected chi connectivity index (χ3v) is 2.71. The molecule has 0 aliphatic carbocycles. The largest absolute Gasteiger partial charge is 0.147 e. The summed E-state index contributed by atoms with van der Waals surface area (Å²) in [4.78, 5) is 0. The molecule has 0 radical (unpaired) electrons. The summed E-state index contributed by atoms with van der Waals surface area (Å²) in [5.74, 6) is 0.818. The van der Waals surface area contributed by atoms with Crippen LogP contribution >= 0.6 is 11.3 Å². The Labute approximate surface area is 71.7 Å². The standard InChI is InChI=1S/C8H14N2S/c1-3-7(2)4-5-8-10-9-6-11-8/h6-7H,3-5H2,1-2H3. The molecule has 0 saturated heterocycles. The van der Waals surface area contributed by atoms with Gasteiger partial charge in [-0.25, -0.2) is 0 Å². The Kier molecular flexibility index (Phi) is 3.49. The van der Waals surface area contributed by atoms with Gasteiger partial charge in [-0.05, 0) is 12.3 Å². The highest BCUT2D eigenvalue weighted by Gasteiger charge is 2.01. The van der Waals surface area contributed by atoms with E-state index in [2.05, 4.69) is 24.0 Å². The summed E-state index contributed by atoms with van der Waals surface area (Å²) in [6.45, 7) is 4.51. The van der Waals surface area contributed by atoms with E-state index in [1.54, 1.807) is 16.8 Å². The van der Waals surface area contributed by atoms with Crippen LogP contribution < -0.4 is 0 Å². The van der Waals surface area contributed by atoms with E-state index >= 15 is 0 Å². The van der Waals surface area contributed by atoms with Gasteiger partial charge in [0.2, 0.25) is 0 Å². The Balaban J connectivity index is 2.23. The molecule has 62 valence electrons. The second-order valence-electron chi connectivity index (χ2n) is 2.88. The van der Waals surface area contributed by atoms with Gasteiger partial charge in [0.1, 0.15) is 10.5 Å². The van der Waals surface area contributed by atoms with Crippen molar-refractivity contribution >= 4 is 11.3 Å². The molecular weight excluding hydrogens is 156 g/mol. The summed E-state index contributed by atoms with van der Waals surface area (Å²) in [5.41, 5.74) is 1.80. The number of hydrogen-bond donors (Lipinski definition) is 0. The number of aromatic nitrogens is 2. The molecule has 1 rings (SSSR count). The monoisotopic (exact) mass is 170 g/mol. The second kappa shape index (κ2) is 4.44. The van der Waals surface area contributed by atoms with E-state index in [9.17, 15) is 0 Å². The van der Waals surface area contributed by atoms with E-state index in [0.717, 1.165) is 12.3 Å². The van der Waals surface area contributed by atoms with E-state index in [-0.39, 0.29) is 0 Å². The molecule has 1 atom stereocenters. The van der Waals surface area contributed by atoms with Crippen LogP contribution in [0.3, 0.4) is 0 Å². The molecule has 0 fully saturated rings. The Bertz CT molecular complexity index is 184. The first kappa shape index (κ1) is 8.65. The highest BCUT2D eigenvalue weighted by atomic mass is 32.1. The summed E-state index contributed by atoms with van der Waals surface area (Å²) in [5, 5.41) is 8.96. The SMILES string of the molecule is CCC(C)CCc1nncs1. The predicted molar refractivity (Wildman–Crippen MR) is 47.7 cm³/mol. The summed E-state index contributed by atoms with van der Waals surface area (Å²) >= 11 is 1.65. The molecule has 0 aliphatic heterocycles. The van der Waals surface area contributed by atoms with Gasteiger partial charge in [0.05, 0.1) is 0 Å². The first-order valence-electron chi connectivity index (χ1n) is 4.08. The third kappa shape index (κ3) is 2.97. The molecule has 2 nitrogen and oxygen atoms in total. The Morgan fingerprint density at radius 1 is 1.64 bits per heavy atom. The lowest BCUT2D eigenvalue weighted by molar-refractivity contribution is 0.515. The molecule has 0 saturated carbocycles. The van der Waals surface area contributed by atoms with E-state index in [1.807, 2.05) is 0 Å². The zero-order chi connectivity index (χ0) is 8.10. The average Bonchev–Trinajstić information content (AvgIpc) is 2.52. The maximum Gasteiger partial charge on any atom is 0.117 e. The first-order valence-corrected chi connectivity index (χ1v) is 4.96. The van der Waals surface area contributed by atoms with Crippen molar-refractivity contribution in [1.82, 2.24) is 10.2 Å². The van der Waals surface area contributed by atoms with Gasteiger partial charge in [0.15, 0.2) is 0 Å². The minimum absolute atomic E-state index is 0.818. The van der Waals surface area contributed by atoms with Crippen LogP contribution in [0.2, 0.25) is 0 Å². The van der Waals surface area contributed by atoms with Crippen LogP contribution in [0, 0.1) is 5.92 Å². The number of nitrogens with zero attached hydrogens (tertiary/aromatic N) is 2. The minimum atomic E-state index is 0.818. The topological polar surface area (TPSA) is 25.8 Å². The highest BCUT2D eigenvalue weighted by molar-refractivity contribution is 7.09. The summed E-state index contributed by atoms with van der Waals surface area (Å²) in [6, 6.07) is 0. The second-order valence-corrected chi connectivity index (χ2v) is 3.80. The van der Waals surface area contributed by atoms with E-state index in [4.69, 9.17) is 0 Å². The van der Waals surface area contributed by atoms with Crippen LogP contribution in [0.15, 0.2) is 5.51 Å². The Hall–Kier alpha value is -0.440. The number of hydrogen-bond acceptors (Lipinski definition) is 3. The Morgan fingerprint density at radius 3 is 3.00 bits per heavy atom. The Morgan fingerprint density at radius 2 is 2.45 bits per heavy atom. The van der Waals surface area contributed by atoms with Gasteiger partial charge in [-0.2, -0.15) is 0 Å². The normalized spacial score (nSPS) is 13.3. The van der Waals surface area contributed by atoms with Crippen LogP contribution in [0.5, 0.6) is 0 Å². The molecule has 0 aromatic carbocycles. The van der Waals surface area contributed by atoms with Crippen molar-refractivity contribution in [2.75, 3.05) is 0 Å². The van der Waals surface area contributed by atoms with E-state index < -0.39 is 0 Å². The van der Waals surface area contributed by atoms with Crippen molar-refractivity contribution in [3.05, 3.63) is 10.5 Å². The lowest BCUT2D eigenvalue weighted by Gasteiger charge is -2.04. The van der Waals surface area contributed by atoms with Gasteiger partial charge in [-0.15, -0.1) is 21.5 Å². The van der Waals surface area contributed by atoms with Crippen LogP contribution in [-0.4, -0.2) is 10.2 Å². The van der Waals surface area contributed by atoms with Gasteiger partial charge in [-0.1, -0.05) is 20.3 Å². The lowest BCUT2D eigenvalue weighted by Crippen LogP contribution is -1.94. The first-order chi connectivity index (χ1) is 5.33. The summed E-state index contributed by atoms with van der Waals surface area (Å²) in [7, 11) is 0. The molecule has 11 heavy (non-hydrogen) atoms. The summed E-state index contributed by atoms with van der Waals surface area (Å²) < 4.78 is 0. The van der Waals surface area contributed by atoms with Gasteiger partial charge < -0.3 is 0 Å². The van der Waals surface area contributed by atoms with Gasteiger partial charge in [0, 0.05) is 6.42 Å². The fourth-order valence-corrected chi connectivity index (χ4v) is 1.42. The van der Waals surface area contributed by atoms with Crippen molar-refractivity contribution in [2.24, 2.45) is 5.92 Å². The highest BCUT2D eigenvalue weighted by Crippen LogP contribution is 2.12. The molecule has 3 heteroatoms. The molecule has 1 heterocycles. The van der Waals surface area contributed by atoms with Crippen molar-refractivity contribution in [3.63, 3.8) is 0 Å². The van der Waals surface area contributed by atoms with Crippen molar-refractivity contribution in [1.29, 1.82) is 0 Å². The molecule has 0 spiro atoms. The van der Waals surface area contributed by atoms with Crippen LogP contribution in [-0.2, 0) is 6.42 Å². The fourth-order valence-electron chi connectivity index (χ4n) is 0.879. The lowest BCUT2D eigenvalue weighted by atomic mass is 10.0. The van der Waals surface area contributed by atoms with Crippen molar-refractivity contribution < 1.29 is 0 Å². The minimum Gasteiger partial charge on any atom is -0.147 e. The molecule has 0 N–H and O–H groups in total. The zero-order valence-electron chi connectivity index (χ0n) is 7.08.